The molecule has 0 saturated carbocycles. The maximum absolute atomic E-state index is 11.4. The third kappa shape index (κ3) is 5.00. The molecule has 0 spiro atoms. The average Bonchev–Trinajstić information content (AvgIpc) is 2.78. The summed E-state index contributed by atoms with van der Waals surface area (Å²) in [7, 11) is 0. The van der Waals surface area contributed by atoms with Crippen LogP contribution in [-0.4, -0.2) is 35.1 Å². The highest BCUT2D eigenvalue weighted by Crippen LogP contribution is 2.12. The minimum atomic E-state index is -0.455. The van der Waals surface area contributed by atoms with Crippen molar-refractivity contribution < 1.29 is 13.9 Å². The first-order valence-corrected chi connectivity index (χ1v) is 7.29. The normalized spacial score (nSPS) is 12.2. The zero-order valence-corrected chi connectivity index (χ0v) is 11.9. The molecule has 6 heteroatoms. The highest BCUT2D eigenvalue weighted by molar-refractivity contribution is 7.99. The third-order valence-electron chi connectivity index (χ3n) is 2.26. The molecule has 0 aliphatic carbocycles. The summed E-state index contributed by atoms with van der Waals surface area (Å²) < 4.78 is 10.0. The topological polar surface area (TPSA) is 64.4 Å². The van der Waals surface area contributed by atoms with E-state index in [-0.39, 0.29) is 11.7 Å². The molecule has 0 bridgehead atoms. The van der Waals surface area contributed by atoms with Crippen LogP contribution in [0.1, 0.15) is 37.7 Å². The number of rotatable bonds is 8. The van der Waals surface area contributed by atoms with Gasteiger partial charge in [0.2, 0.25) is 0 Å². The maximum atomic E-state index is 11.4. The van der Waals surface area contributed by atoms with Crippen LogP contribution in [0.3, 0.4) is 0 Å². The number of ether oxygens (including phenoxy) is 1. The lowest BCUT2D eigenvalue weighted by Gasteiger charge is -2.10. The second-order valence-electron chi connectivity index (χ2n) is 3.79. The molecule has 0 aromatic carbocycles. The van der Waals surface area contributed by atoms with E-state index in [1.807, 2.05) is 11.8 Å². The summed E-state index contributed by atoms with van der Waals surface area (Å²) in [6.07, 6.45) is 2.34. The zero-order valence-electron chi connectivity index (χ0n) is 11.1. The summed E-state index contributed by atoms with van der Waals surface area (Å²) in [6.45, 7) is 6.29. The Balaban J connectivity index is 2.41. The average molecular weight is 272 g/mol. The van der Waals surface area contributed by atoms with E-state index in [0.29, 0.717) is 12.6 Å². The molecule has 0 aliphatic rings. The minimum absolute atomic E-state index is 0.203. The van der Waals surface area contributed by atoms with Gasteiger partial charge in [-0.15, -0.1) is 0 Å². The van der Waals surface area contributed by atoms with Crippen LogP contribution >= 0.6 is 11.8 Å². The Hall–Kier alpha value is -1.17. The fourth-order valence-electron chi connectivity index (χ4n) is 1.33. The number of nitrogens with one attached hydrogen (secondary N) is 1. The number of hydrogen-bond acceptors (Lipinski definition) is 6. The van der Waals surface area contributed by atoms with E-state index >= 15 is 0 Å². The first kappa shape index (κ1) is 14.9. The number of anilines is 1. The van der Waals surface area contributed by atoms with Crippen molar-refractivity contribution in [1.82, 2.24) is 4.98 Å². The van der Waals surface area contributed by atoms with Crippen molar-refractivity contribution >= 4 is 23.7 Å². The number of carbonyl (C=O) groups excluding carboxylic acids is 1. The molecule has 0 fully saturated rings. The molecule has 1 atom stereocenters. The van der Waals surface area contributed by atoms with Crippen LogP contribution in [-0.2, 0) is 4.74 Å². The lowest BCUT2D eigenvalue weighted by Crippen LogP contribution is -2.16. The second-order valence-corrected chi connectivity index (χ2v) is 5.18. The van der Waals surface area contributed by atoms with E-state index < -0.39 is 5.97 Å². The number of oxazole rings is 1. The molecule has 0 radical (unpaired) electrons. The number of carbonyl (C=O) groups is 1. The summed E-state index contributed by atoms with van der Waals surface area (Å²) in [5.74, 6) is 1.76. The first-order chi connectivity index (χ1) is 8.67. The van der Waals surface area contributed by atoms with Gasteiger partial charge in [-0.25, -0.2) is 4.79 Å². The van der Waals surface area contributed by atoms with Crippen LogP contribution in [0.5, 0.6) is 0 Å². The molecule has 18 heavy (non-hydrogen) atoms. The smallest absolute Gasteiger partial charge is 0.360 e. The maximum Gasteiger partial charge on any atom is 0.360 e. The van der Waals surface area contributed by atoms with Gasteiger partial charge in [0.1, 0.15) is 6.26 Å². The molecule has 1 rings (SSSR count). The quantitative estimate of drug-likeness (QED) is 0.580. The van der Waals surface area contributed by atoms with Gasteiger partial charge in [-0.1, -0.05) is 6.92 Å². The van der Waals surface area contributed by atoms with Crippen LogP contribution in [0.25, 0.3) is 0 Å². The fraction of sp³-hybridized carbons (Fsp3) is 0.667. The molecule has 1 aromatic heterocycles. The Morgan fingerprint density at radius 3 is 3.06 bits per heavy atom. The van der Waals surface area contributed by atoms with Gasteiger partial charge in [-0.05, 0) is 31.8 Å². The second kappa shape index (κ2) is 8.02. The molecule has 0 aliphatic heterocycles. The molecule has 5 nitrogen and oxygen atoms in total. The Kier molecular flexibility index (Phi) is 6.64. The Morgan fingerprint density at radius 2 is 2.39 bits per heavy atom. The van der Waals surface area contributed by atoms with E-state index in [1.165, 1.54) is 6.26 Å². The molecule has 1 N–H and O–H groups in total. The molecule has 102 valence electrons. The van der Waals surface area contributed by atoms with Gasteiger partial charge in [-0.3, -0.25) is 0 Å². The highest BCUT2D eigenvalue weighted by Gasteiger charge is 2.14. The van der Waals surface area contributed by atoms with E-state index in [4.69, 9.17) is 9.15 Å². The largest absolute Gasteiger partial charge is 0.461 e. The molecular formula is C12H20N2O3S. The molecule has 1 unspecified atom stereocenters. The Bertz CT molecular complexity index is 368. The highest BCUT2D eigenvalue weighted by atomic mass is 32.2. The Labute approximate surface area is 112 Å². The number of nitrogens with zero attached hydrogens (tertiary/aromatic N) is 1. The number of thioether (sulfide) groups is 1. The van der Waals surface area contributed by atoms with E-state index in [0.717, 1.165) is 17.9 Å². The SMILES string of the molecule is CCOC(=O)c1coc(NC(C)CCSCC)n1. The summed E-state index contributed by atoms with van der Waals surface area (Å²) >= 11 is 1.90. The van der Waals surface area contributed by atoms with Crippen molar-refractivity contribution in [2.24, 2.45) is 0 Å². The monoisotopic (exact) mass is 272 g/mol. The van der Waals surface area contributed by atoms with Gasteiger partial charge in [-0.2, -0.15) is 16.7 Å². The van der Waals surface area contributed by atoms with Crippen molar-refractivity contribution in [2.75, 3.05) is 23.4 Å². The van der Waals surface area contributed by atoms with Crippen LogP contribution < -0.4 is 5.32 Å². The van der Waals surface area contributed by atoms with Crippen molar-refractivity contribution in [3.63, 3.8) is 0 Å². The predicted molar refractivity (Wildman–Crippen MR) is 73.2 cm³/mol. The van der Waals surface area contributed by atoms with Gasteiger partial charge in [0, 0.05) is 6.04 Å². The van der Waals surface area contributed by atoms with Crippen LogP contribution in [0.4, 0.5) is 6.01 Å². The molecule has 1 aromatic rings. The molecule has 1 heterocycles. The number of esters is 1. The van der Waals surface area contributed by atoms with E-state index in [1.54, 1.807) is 6.92 Å². The van der Waals surface area contributed by atoms with E-state index in [9.17, 15) is 4.79 Å². The molecule has 0 amide bonds. The van der Waals surface area contributed by atoms with Crippen molar-refractivity contribution in [2.45, 2.75) is 33.2 Å². The third-order valence-corrected chi connectivity index (χ3v) is 3.19. The van der Waals surface area contributed by atoms with E-state index in [2.05, 4.69) is 24.1 Å². The summed E-state index contributed by atoms with van der Waals surface area (Å²) in [5.41, 5.74) is 0.203. The van der Waals surface area contributed by atoms with Crippen molar-refractivity contribution in [3.05, 3.63) is 12.0 Å². The lowest BCUT2D eigenvalue weighted by molar-refractivity contribution is 0.0519. The van der Waals surface area contributed by atoms with Crippen LogP contribution in [0.2, 0.25) is 0 Å². The first-order valence-electron chi connectivity index (χ1n) is 6.14. The minimum Gasteiger partial charge on any atom is -0.461 e. The van der Waals surface area contributed by atoms with Gasteiger partial charge in [0.05, 0.1) is 6.61 Å². The fourth-order valence-corrected chi connectivity index (χ4v) is 2.14. The van der Waals surface area contributed by atoms with Crippen LogP contribution in [0.15, 0.2) is 10.7 Å². The number of hydrogen-bond donors (Lipinski definition) is 1. The summed E-state index contributed by atoms with van der Waals surface area (Å²) in [5, 5.41) is 3.12. The van der Waals surface area contributed by atoms with Crippen molar-refractivity contribution in [1.29, 1.82) is 0 Å². The lowest BCUT2D eigenvalue weighted by atomic mass is 10.3. The summed E-state index contributed by atoms with van der Waals surface area (Å²) in [6, 6.07) is 0.629. The Morgan fingerprint density at radius 1 is 1.61 bits per heavy atom. The zero-order chi connectivity index (χ0) is 13.4. The van der Waals surface area contributed by atoms with Crippen molar-refractivity contribution in [3.8, 4) is 0 Å². The van der Waals surface area contributed by atoms with Gasteiger partial charge >= 0.3 is 5.97 Å². The standard InChI is InChI=1S/C12H20N2O3S/c1-4-16-11(15)10-8-17-12(14-10)13-9(3)6-7-18-5-2/h8-9H,4-7H2,1-3H3,(H,13,14). The van der Waals surface area contributed by atoms with Gasteiger partial charge in [0.25, 0.3) is 6.01 Å². The molecular weight excluding hydrogens is 252 g/mol. The summed E-state index contributed by atoms with van der Waals surface area (Å²) in [4.78, 5) is 15.4. The van der Waals surface area contributed by atoms with Gasteiger partial charge < -0.3 is 14.5 Å². The molecule has 0 saturated heterocycles. The van der Waals surface area contributed by atoms with Gasteiger partial charge in [0.15, 0.2) is 5.69 Å². The van der Waals surface area contributed by atoms with Crippen LogP contribution in [0, 0.1) is 0 Å². The predicted octanol–water partition coefficient (Wildman–Crippen LogP) is 2.79. The number of aromatic nitrogens is 1.